The average Bonchev–Trinajstić information content (AvgIpc) is 3.15. The molecule has 1 aromatic carbocycles. The molecule has 33 heavy (non-hydrogen) atoms. The molecule has 4 nitrogen and oxygen atoms in total. The van der Waals surface area contributed by atoms with E-state index >= 15 is 0 Å². The van der Waals surface area contributed by atoms with Gasteiger partial charge in [-0.2, -0.15) is 5.26 Å². The van der Waals surface area contributed by atoms with E-state index in [1.54, 1.807) is 24.3 Å². The number of nitriles is 1. The summed E-state index contributed by atoms with van der Waals surface area (Å²) in [6.45, 7) is 6.77. The summed E-state index contributed by atoms with van der Waals surface area (Å²) < 4.78 is 0. The second-order valence-electron chi connectivity index (χ2n) is 12.4. The summed E-state index contributed by atoms with van der Waals surface area (Å²) >= 11 is 0. The van der Waals surface area contributed by atoms with Crippen molar-refractivity contribution in [1.29, 1.82) is 5.26 Å². The van der Waals surface area contributed by atoms with E-state index in [-0.39, 0.29) is 11.9 Å². The molecule has 4 aliphatic rings. The number of carbonyl (C=O) groups excluding carboxylic acids is 1. The molecule has 9 atom stereocenters. The van der Waals surface area contributed by atoms with Crippen molar-refractivity contribution >= 4 is 5.91 Å². The third-order valence-electron chi connectivity index (χ3n) is 10.5. The molecule has 1 aromatic rings. The number of nitrogens with zero attached hydrogens (tertiary/aromatic N) is 1. The first-order chi connectivity index (χ1) is 15.7. The maximum atomic E-state index is 12.9. The van der Waals surface area contributed by atoms with Crippen LogP contribution >= 0.6 is 0 Å². The van der Waals surface area contributed by atoms with Crippen LogP contribution in [0.2, 0.25) is 0 Å². The summed E-state index contributed by atoms with van der Waals surface area (Å²) in [6, 6.07) is 9.21. The molecule has 4 saturated carbocycles. The minimum absolute atomic E-state index is 0.0255. The molecule has 2 N–H and O–H groups in total. The Morgan fingerprint density at radius 1 is 1.03 bits per heavy atom. The quantitative estimate of drug-likeness (QED) is 0.623. The largest absolute Gasteiger partial charge is 0.390 e. The lowest BCUT2D eigenvalue weighted by molar-refractivity contribution is -0.101. The number of benzene rings is 1. The highest BCUT2D eigenvalue weighted by Gasteiger charge is 2.58. The highest BCUT2D eigenvalue weighted by atomic mass is 16.3. The van der Waals surface area contributed by atoms with Crippen molar-refractivity contribution in [3.63, 3.8) is 0 Å². The van der Waals surface area contributed by atoms with E-state index in [1.807, 2.05) is 6.92 Å². The lowest BCUT2D eigenvalue weighted by Crippen LogP contribution is -2.52. The molecule has 0 aliphatic heterocycles. The van der Waals surface area contributed by atoms with Gasteiger partial charge in [-0.1, -0.05) is 6.92 Å². The van der Waals surface area contributed by atoms with Gasteiger partial charge in [0, 0.05) is 11.6 Å². The van der Waals surface area contributed by atoms with Gasteiger partial charge in [-0.3, -0.25) is 4.79 Å². The molecule has 0 spiro atoms. The van der Waals surface area contributed by atoms with Crippen molar-refractivity contribution in [1.82, 2.24) is 5.32 Å². The van der Waals surface area contributed by atoms with Gasteiger partial charge in [0.25, 0.3) is 5.91 Å². The molecule has 1 amide bonds. The first-order valence-corrected chi connectivity index (χ1v) is 13.3. The van der Waals surface area contributed by atoms with E-state index < -0.39 is 5.60 Å². The molecule has 4 aliphatic carbocycles. The number of aliphatic hydroxyl groups is 1. The van der Waals surface area contributed by atoms with Crippen LogP contribution in [0.3, 0.4) is 0 Å². The fourth-order valence-electron chi connectivity index (χ4n) is 9.03. The molecule has 0 heterocycles. The Kier molecular flexibility index (Phi) is 5.84. The SMILES string of the molecule is C[C@H](NC(=O)c1ccc(C#N)cc1)[C@H]1CC[C@H]2[C@@H]3CC[C@@H]4C[C@](C)(O)CC[C@@H]4[C@H]3CC[C@]12C. The summed E-state index contributed by atoms with van der Waals surface area (Å²) in [5, 5.41) is 22.9. The minimum atomic E-state index is -0.446. The fraction of sp³-hybridized carbons (Fsp3) is 0.724. The van der Waals surface area contributed by atoms with E-state index in [1.165, 1.54) is 44.9 Å². The molecule has 5 rings (SSSR count). The Balaban J connectivity index is 1.27. The van der Waals surface area contributed by atoms with Crippen molar-refractivity contribution in [3.8, 4) is 6.07 Å². The van der Waals surface area contributed by atoms with Crippen LogP contribution in [-0.4, -0.2) is 22.7 Å². The van der Waals surface area contributed by atoms with Crippen LogP contribution < -0.4 is 5.32 Å². The molecule has 0 saturated heterocycles. The van der Waals surface area contributed by atoms with Crippen molar-refractivity contribution in [3.05, 3.63) is 35.4 Å². The van der Waals surface area contributed by atoms with Gasteiger partial charge in [0.05, 0.1) is 17.2 Å². The van der Waals surface area contributed by atoms with Gasteiger partial charge in [-0.05, 0) is 137 Å². The Morgan fingerprint density at radius 2 is 1.76 bits per heavy atom. The van der Waals surface area contributed by atoms with Gasteiger partial charge in [0.15, 0.2) is 0 Å². The topological polar surface area (TPSA) is 73.1 Å². The van der Waals surface area contributed by atoms with E-state index in [2.05, 4.69) is 25.2 Å². The van der Waals surface area contributed by atoms with Gasteiger partial charge < -0.3 is 10.4 Å². The predicted molar refractivity (Wildman–Crippen MR) is 129 cm³/mol. The monoisotopic (exact) mass is 448 g/mol. The van der Waals surface area contributed by atoms with Crippen LogP contribution in [0.25, 0.3) is 0 Å². The third kappa shape index (κ3) is 4.01. The van der Waals surface area contributed by atoms with Crippen LogP contribution in [0.15, 0.2) is 24.3 Å². The van der Waals surface area contributed by atoms with Crippen molar-refractivity contribution in [2.24, 2.45) is 40.9 Å². The van der Waals surface area contributed by atoms with E-state index in [4.69, 9.17) is 5.26 Å². The molecule has 0 radical (unpaired) electrons. The number of rotatable bonds is 3. The molecule has 0 unspecified atom stereocenters. The normalized spacial score (nSPS) is 42.9. The Morgan fingerprint density at radius 3 is 2.48 bits per heavy atom. The maximum absolute atomic E-state index is 12.9. The number of amides is 1. The number of hydrogen-bond acceptors (Lipinski definition) is 3. The van der Waals surface area contributed by atoms with E-state index in [9.17, 15) is 9.90 Å². The molecular formula is C29H40N2O2. The summed E-state index contributed by atoms with van der Waals surface area (Å²) in [6.07, 6.45) is 10.9. The van der Waals surface area contributed by atoms with Gasteiger partial charge in [0.1, 0.15) is 0 Å². The number of carbonyl (C=O) groups is 1. The van der Waals surface area contributed by atoms with E-state index in [0.29, 0.717) is 22.5 Å². The fourth-order valence-corrected chi connectivity index (χ4v) is 9.03. The standard InChI is InChI=1S/C29H40N2O2/c1-18(31-27(32)20-6-4-19(17-30)5-7-20)25-10-11-26-24-9-8-21-16-28(2,33)14-12-22(21)23(24)13-15-29(25,26)3/h4-7,18,21-26,33H,8-16H2,1-3H3,(H,31,32)/t18-,21+,22-,23+,24+,25+,26-,28+,29+/m0/s1. The Hall–Kier alpha value is -1.86. The zero-order valence-electron chi connectivity index (χ0n) is 20.5. The van der Waals surface area contributed by atoms with Gasteiger partial charge >= 0.3 is 0 Å². The lowest BCUT2D eigenvalue weighted by atomic mass is 9.49. The summed E-state index contributed by atoms with van der Waals surface area (Å²) in [4.78, 5) is 12.9. The number of nitrogens with one attached hydrogen (secondary N) is 1. The highest BCUT2D eigenvalue weighted by Crippen LogP contribution is 2.65. The van der Waals surface area contributed by atoms with Crippen LogP contribution in [0.5, 0.6) is 0 Å². The summed E-state index contributed by atoms with van der Waals surface area (Å²) in [5.74, 6) is 4.50. The first kappa shape index (κ1) is 22.9. The Bertz CT molecular complexity index is 932. The number of hydrogen-bond donors (Lipinski definition) is 2. The first-order valence-electron chi connectivity index (χ1n) is 13.3. The average molecular weight is 449 g/mol. The minimum Gasteiger partial charge on any atom is -0.390 e. The van der Waals surface area contributed by atoms with Crippen molar-refractivity contribution in [2.75, 3.05) is 0 Å². The second kappa shape index (κ2) is 8.42. The molecule has 4 fully saturated rings. The molecular weight excluding hydrogens is 408 g/mol. The second-order valence-corrected chi connectivity index (χ2v) is 12.4. The molecule has 0 bridgehead atoms. The number of fused-ring (bicyclic) bond motifs is 5. The maximum Gasteiger partial charge on any atom is 0.251 e. The highest BCUT2D eigenvalue weighted by molar-refractivity contribution is 5.94. The van der Waals surface area contributed by atoms with E-state index in [0.717, 1.165) is 42.4 Å². The van der Waals surface area contributed by atoms with Crippen LogP contribution in [0, 0.1) is 52.3 Å². The van der Waals surface area contributed by atoms with Crippen LogP contribution in [-0.2, 0) is 0 Å². The van der Waals surface area contributed by atoms with Crippen LogP contribution in [0.4, 0.5) is 0 Å². The predicted octanol–water partition coefficient (Wildman–Crippen LogP) is 5.70. The van der Waals surface area contributed by atoms with Crippen LogP contribution in [0.1, 0.15) is 94.5 Å². The molecule has 0 aromatic heterocycles. The van der Waals surface area contributed by atoms with Gasteiger partial charge in [-0.15, -0.1) is 0 Å². The van der Waals surface area contributed by atoms with Gasteiger partial charge in [-0.25, -0.2) is 0 Å². The zero-order chi connectivity index (χ0) is 23.4. The molecule has 4 heteroatoms. The smallest absolute Gasteiger partial charge is 0.251 e. The lowest BCUT2D eigenvalue weighted by Gasteiger charge is -2.57. The van der Waals surface area contributed by atoms with Crippen molar-refractivity contribution in [2.45, 2.75) is 90.2 Å². The molecule has 178 valence electrons. The Labute approximate surface area is 199 Å². The summed E-state index contributed by atoms with van der Waals surface area (Å²) in [7, 11) is 0. The third-order valence-corrected chi connectivity index (χ3v) is 10.5. The zero-order valence-corrected chi connectivity index (χ0v) is 20.5. The van der Waals surface area contributed by atoms with Crippen molar-refractivity contribution < 1.29 is 9.90 Å². The summed E-state index contributed by atoms with van der Waals surface area (Å²) in [5.41, 5.74) is 1.08. The van der Waals surface area contributed by atoms with Gasteiger partial charge in [0.2, 0.25) is 0 Å².